The third-order valence-corrected chi connectivity index (χ3v) is 2.78. The Hall–Kier alpha value is -1.95. The molecule has 2 heterocycles. The van der Waals surface area contributed by atoms with Crippen LogP contribution < -0.4 is 10.1 Å². The van der Waals surface area contributed by atoms with Gasteiger partial charge in [-0.1, -0.05) is 0 Å². The molecule has 6 heteroatoms. The number of rotatable bonds is 5. The highest BCUT2D eigenvalue weighted by atomic mass is 16.5. The van der Waals surface area contributed by atoms with E-state index in [0.717, 1.165) is 17.7 Å². The first-order chi connectivity index (χ1) is 8.72. The van der Waals surface area contributed by atoms with Gasteiger partial charge in [-0.15, -0.1) is 0 Å². The molecule has 0 spiro atoms. The molecular formula is C12H17N5O. The lowest BCUT2D eigenvalue weighted by Gasteiger charge is -2.14. The van der Waals surface area contributed by atoms with Crippen molar-refractivity contribution in [3.8, 4) is 5.88 Å². The van der Waals surface area contributed by atoms with Crippen LogP contribution in [-0.2, 0) is 13.5 Å². The maximum absolute atomic E-state index is 5.11. The third kappa shape index (κ3) is 2.84. The van der Waals surface area contributed by atoms with Crippen LogP contribution in [0.15, 0.2) is 24.8 Å². The molecule has 6 nitrogen and oxygen atoms in total. The SMILES string of the molecule is CNC(Cc1cnn(C)c1)c1cc(OC)ncn1. The molecule has 2 aromatic rings. The third-order valence-electron chi connectivity index (χ3n) is 2.78. The lowest BCUT2D eigenvalue weighted by molar-refractivity contribution is 0.394. The molecule has 0 aromatic carbocycles. The molecule has 2 rings (SSSR count). The average Bonchev–Trinajstić information content (AvgIpc) is 2.81. The molecule has 1 atom stereocenters. The molecule has 0 bridgehead atoms. The fourth-order valence-corrected chi connectivity index (χ4v) is 1.82. The van der Waals surface area contributed by atoms with Crippen molar-refractivity contribution in [2.45, 2.75) is 12.5 Å². The van der Waals surface area contributed by atoms with Crippen molar-refractivity contribution < 1.29 is 4.74 Å². The maximum Gasteiger partial charge on any atom is 0.216 e. The minimum Gasteiger partial charge on any atom is -0.481 e. The van der Waals surface area contributed by atoms with Crippen LogP contribution in [0.1, 0.15) is 17.3 Å². The lowest BCUT2D eigenvalue weighted by atomic mass is 10.1. The molecular weight excluding hydrogens is 230 g/mol. The second-order valence-corrected chi connectivity index (χ2v) is 4.05. The van der Waals surface area contributed by atoms with E-state index < -0.39 is 0 Å². The smallest absolute Gasteiger partial charge is 0.216 e. The Balaban J connectivity index is 2.17. The van der Waals surface area contributed by atoms with Crippen LogP contribution in [0, 0.1) is 0 Å². The van der Waals surface area contributed by atoms with Crippen molar-refractivity contribution in [1.82, 2.24) is 25.1 Å². The monoisotopic (exact) mass is 247 g/mol. The Labute approximate surface area is 106 Å². The van der Waals surface area contributed by atoms with Crippen LogP contribution in [0.2, 0.25) is 0 Å². The first-order valence-corrected chi connectivity index (χ1v) is 5.73. The van der Waals surface area contributed by atoms with E-state index >= 15 is 0 Å². The van der Waals surface area contributed by atoms with Gasteiger partial charge in [-0.3, -0.25) is 4.68 Å². The Morgan fingerprint density at radius 1 is 1.44 bits per heavy atom. The quantitative estimate of drug-likeness (QED) is 0.843. The van der Waals surface area contributed by atoms with Crippen molar-refractivity contribution in [3.05, 3.63) is 36.0 Å². The molecule has 0 aliphatic heterocycles. The Morgan fingerprint density at radius 2 is 2.28 bits per heavy atom. The number of nitrogens with zero attached hydrogens (tertiary/aromatic N) is 4. The van der Waals surface area contributed by atoms with Crippen LogP contribution in [0.5, 0.6) is 5.88 Å². The van der Waals surface area contributed by atoms with Crippen LogP contribution in [0.25, 0.3) is 0 Å². The number of aryl methyl sites for hydroxylation is 1. The van der Waals surface area contributed by atoms with E-state index in [1.54, 1.807) is 11.8 Å². The van der Waals surface area contributed by atoms with Gasteiger partial charge in [-0.2, -0.15) is 5.10 Å². The van der Waals surface area contributed by atoms with Crippen molar-refractivity contribution in [3.63, 3.8) is 0 Å². The van der Waals surface area contributed by atoms with Crippen molar-refractivity contribution >= 4 is 0 Å². The summed E-state index contributed by atoms with van der Waals surface area (Å²) in [5.74, 6) is 0.575. The number of aromatic nitrogens is 4. The summed E-state index contributed by atoms with van der Waals surface area (Å²) in [7, 11) is 5.42. The molecule has 0 saturated heterocycles. The van der Waals surface area contributed by atoms with E-state index in [2.05, 4.69) is 20.4 Å². The van der Waals surface area contributed by atoms with Gasteiger partial charge in [0.1, 0.15) is 6.33 Å². The standard InChI is InChI=1S/C12H17N5O/c1-13-10(4-9-6-16-17(2)7-9)11-5-12(18-3)15-8-14-11/h5-8,10,13H,4H2,1-3H3. The molecule has 2 aromatic heterocycles. The highest BCUT2D eigenvalue weighted by molar-refractivity contribution is 5.19. The summed E-state index contributed by atoms with van der Waals surface area (Å²) in [4.78, 5) is 8.29. The summed E-state index contributed by atoms with van der Waals surface area (Å²) in [5, 5.41) is 7.41. The molecule has 0 fully saturated rings. The fourth-order valence-electron chi connectivity index (χ4n) is 1.82. The van der Waals surface area contributed by atoms with Gasteiger partial charge < -0.3 is 10.1 Å². The first-order valence-electron chi connectivity index (χ1n) is 5.73. The summed E-state index contributed by atoms with van der Waals surface area (Å²) in [6.45, 7) is 0. The van der Waals surface area contributed by atoms with Gasteiger partial charge in [0.15, 0.2) is 0 Å². The van der Waals surface area contributed by atoms with Crippen molar-refractivity contribution in [2.24, 2.45) is 7.05 Å². The maximum atomic E-state index is 5.11. The number of hydrogen-bond donors (Lipinski definition) is 1. The van der Waals surface area contributed by atoms with Gasteiger partial charge in [0.2, 0.25) is 5.88 Å². The van der Waals surface area contributed by atoms with E-state index in [1.165, 1.54) is 6.33 Å². The van der Waals surface area contributed by atoms with Gasteiger partial charge in [-0.05, 0) is 19.0 Å². The Morgan fingerprint density at radius 3 is 2.89 bits per heavy atom. The molecule has 0 amide bonds. The minimum atomic E-state index is 0.117. The number of hydrogen-bond acceptors (Lipinski definition) is 5. The van der Waals surface area contributed by atoms with Crippen LogP contribution in [0.3, 0.4) is 0 Å². The van der Waals surface area contributed by atoms with Crippen molar-refractivity contribution in [1.29, 1.82) is 0 Å². The zero-order valence-corrected chi connectivity index (χ0v) is 10.8. The van der Waals surface area contributed by atoms with E-state index in [4.69, 9.17) is 4.74 Å². The molecule has 18 heavy (non-hydrogen) atoms. The van der Waals surface area contributed by atoms with Gasteiger partial charge >= 0.3 is 0 Å². The summed E-state index contributed by atoms with van der Waals surface area (Å²) in [6, 6.07) is 1.96. The first kappa shape index (κ1) is 12.5. The average molecular weight is 247 g/mol. The summed E-state index contributed by atoms with van der Waals surface area (Å²) < 4.78 is 6.90. The lowest BCUT2D eigenvalue weighted by Crippen LogP contribution is -2.20. The van der Waals surface area contributed by atoms with Crippen LogP contribution in [0.4, 0.5) is 0 Å². The van der Waals surface area contributed by atoms with Crippen LogP contribution >= 0.6 is 0 Å². The normalized spacial score (nSPS) is 12.4. The van der Waals surface area contributed by atoms with E-state index in [9.17, 15) is 0 Å². The highest BCUT2D eigenvalue weighted by Gasteiger charge is 2.13. The number of nitrogens with one attached hydrogen (secondary N) is 1. The van der Waals surface area contributed by atoms with E-state index in [-0.39, 0.29) is 6.04 Å². The van der Waals surface area contributed by atoms with Crippen LogP contribution in [-0.4, -0.2) is 33.9 Å². The number of likely N-dealkylation sites (N-methyl/N-ethyl adjacent to an activating group) is 1. The van der Waals surface area contributed by atoms with E-state index in [0.29, 0.717) is 5.88 Å². The minimum absolute atomic E-state index is 0.117. The largest absolute Gasteiger partial charge is 0.481 e. The summed E-state index contributed by atoms with van der Waals surface area (Å²) >= 11 is 0. The Bertz CT molecular complexity index is 511. The molecule has 1 unspecified atom stereocenters. The number of methoxy groups -OCH3 is 1. The second-order valence-electron chi connectivity index (χ2n) is 4.05. The van der Waals surface area contributed by atoms with Gasteiger partial charge in [-0.25, -0.2) is 9.97 Å². The Kier molecular flexibility index (Phi) is 3.88. The zero-order valence-electron chi connectivity index (χ0n) is 10.8. The summed E-state index contributed by atoms with van der Waals surface area (Å²) in [5.41, 5.74) is 2.07. The molecule has 1 N–H and O–H groups in total. The van der Waals surface area contributed by atoms with Gasteiger partial charge in [0.25, 0.3) is 0 Å². The van der Waals surface area contributed by atoms with E-state index in [1.807, 2.05) is 32.6 Å². The van der Waals surface area contributed by atoms with Gasteiger partial charge in [0, 0.05) is 19.3 Å². The zero-order chi connectivity index (χ0) is 13.0. The predicted molar refractivity (Wildman–Crippen MR) is 67.3 cm³/mol. The van der Waals surface area contributed by atoms with Crippen molar-refractivity contribution in [2.75, 3.05) is 14.2 Å². The second kappa shape index (κ2) is 5.59. The summed E-state index contributed by atoms with van der Waals surface area (Å²) in [6.07, 6.45) is 6.21. The fraction of sp³-hybridized carbons (Fsp3) is 0.417. The highest BCUT2D eigenvalue weighted by Crippen LogP contribution is 2.18. The number of ether oxygens (including phenoxy) is 1. The molecule has 96 valence electrons. The molecule has 0 saturated carbocycles. The molecule has 0 aliphatic rings. The van der Waals surface area contributed by atoms with Gasteiger partial charge in [0.05, 0.1) is 25.0 Å². The molecule has 0 radical (unpaired) electrons. The molecule has 0 aliphatic carbocycles. The topological polar surface area (TPSA) is 64.9 Å². The predicted octanol–water partition coefficient (Wildman–Crippen LogP) is 0.722.